The number of benzene rings is 1. The number of pyridine rings is 1. The molecule has 3 aromatic rings. The summed E-state index contributed by atoms with van der Waals surface area (Å²) in [6, 6.07) is 7.91. The zero-order chi connectivity index (χ0) is 16.2. The average molecular weight is 300 g/mol. The maximum Gasteiger partial charge on any atom is 0.139 e. The van der Waals surface area contributed by atoms with Gasteiger partial charge in [0.1, 0.15) is 11.5 Å². The second-order valence-corrected chi connectivity index (χ2v) is 4.96. The van der Waals surface area contributed by atoms with Gasteiger partial charge in [0.05, 0.1) is 11.3 Å². The minimum absolute atomic E-state index is 0.423. The zero-order valence-electron chi connectivity index (χ0n) is 12.8. The monoisotopic (exact) mass is 300 g/mol. The molecule has 3 rings (SSSR count). The van der Waals surface area contributed by atoms with E-state index in [1.165, 1.54) is 0 Å². The minimum Gasteiger partial charge on any atom is -0.383 e. The number of fused-ring (bicyclic) bond motifs is 1. The van der Waals surface area contributed by atoms with Gasteiger partial charge >= 0.3 is 0 Å². The number of rotatable bonds is 2. The minimum atomic E-state index is 0.423. The zero-order valence-corrected chi connectivity index (χ0v) is 12.8. The van der Waals surface area contributed by atoms with Crippen molar-refractivity contribution in [2.24, 2.45) is 0 Å². The van der Waals surface area contributed by atoms with Crippen molar-refractivity contribution >= 4 is 28.7 Å². The van der Waals surface area contributed by atoms with Crippen molar-refractivity contribution in [2.75, 3.05) is 5.73 Å². The van der Waals surface area contributed by atoms with Crippen molar-refractivity contribution in [1.29, 1.82) is 0 Å². The number of nitrogen functional groups attached to an aromatic ring is 1. The molecule has 0 saturated carbocycles. The Hall–Kier alpha value is -3.32. The molecule has 0 aliphatic carbocycles. The maximum atomic E-state index is 6.01. The molecule has 3 N–H and O–H groups in total. The molecule has 1 aromatic carbocycles. The molecule has 23 heavy (non-hydrogen) atoms. The van der Waals surface area contributed by atoms with Gasteiger partial charge < -0.3 is 5.73 Å². The van der Waals surface area contributed by atoms with E-state index in [2.05, 4.69) is 33.6 Å². The Morgan fingerprint density at radius 3 is 2.87 bits per heavy atom. The first-order valence-corrected chi connectivity index (χ1v) is 7.23. The molecule has 0 unspecified atom stereocenters. The van der Waals surface area contributed by atoms with E-state index in [4.69, 9.17) is 5.73 Å². The van der Waals surface area contributed by atoms with Crippen LogP contribution in [0.25, 0.3) is 22.9 Å². The smallest absolute Gasteiger partial charge is 0.139 e. The van der Waals surface area contributed by atoms with Crippen LogP contribution in [0.1, 0.15) is 29.4 Å². The largest absolute Gasteiger partial charge is 0.383 e. The van der Waals surface area contributed by atoms with Gasteiger partial charge in [-0.3, -0.25) is 5.10 Å². The molecule has 0 spiro atoms. The van der Waals surface area contributed by atoms with Crippen LogP contribution in [-0.4, -0.2) is 15.2 Å². The highest BCUT2D eigenvalue weighted by Crippen LogP contribution is 2.21. The lowest BCUT2D eigenvalue weighted by molar-refractivity contribution is 1.07. The van der Waals surface area contributed by atoms with Crippen LogP contribution in [0.2, 0.25) is 0 Å². The highest BCUT2D eigenvalue weighted by Gasteiger charge is 2.07. The molecule has 0 atom stereocenters. The van der Waals surface area contributed by atoms with E-state index in [-0.39, 0.29) is 0 Å². The van der Waals surface area contributed by atoms with Gasteiger partial charge in [0.2, 0.25) is 0 Å². The number of hydrogen-bond acceptors (Lipinski definition) is 3. The third-order valence-electron chi connectivity index (χ3n) is 3.50. The van der Waals surface area contributed by atoms with Crippen LogP contribution in [0.3, 0.4) is 0 Å². The fraction of sp³-hybridized carbons (Fsp3) is 0.0526. The van der Waals surface area contributed by atoms with Gasteiger partial charge in [-0.1, -0.05) is 48.9 Å². The molecule has 0 amide bonds. The SMILES string of the molecule is C=Cc1n[nH]c(C#Cc2c(N)ncc3ccccc23)c1/C=C\C. The summed E-state index contributed by atoms with van der Waals surface area (Å²) in [6.07, 6.45) is 7.35. The van der Waals surface area contributed by atoms with Crippen molar-refractivity contribution < 1.29 is 0 Å². The summed E-state index contributed by atoms with van der Waals surface area (Å²) < 4.78 is 0. The van der Waals surface area contributed by atoms with Crippen molar-refractivity contribution in [1.82, 2.24) is 15.2 Å². The summed E-state index contributed by atoms with van der Waals surface area (Å²) >= 11 is 0. The van der Waals surface area contributed by atoms with Crippen LogP contribution in [0, 0.1) is 11.8 Å². The van der Waals surface area contributed by atoms with Crippen LogP contribution in [0.5, 0.6) is 0 Å². The standard InChI is InChI=1S/C19H16N4/c1-3-7-16-17(4-2)22-23-18(16)11-10-15-14-9-6-5-8-13(14)12-21-19(15)20/h3-9,12H,2H2,1H3,(H2,20,21)(H,22,23)/b7-3-. The lowest BCUT2D eigenvalue weighted by Gasteiger charge is -2.02. The number of H-pyrrole nitrogens is 1. The summed E-state index contributed by atoms with van der Waals surface area (Å²) in [6.45, 7) is 5.71. The predicted octanol–water partition coefficient (Wildman–Crippen LogP) is 3.62. The Kier molecular flexibility index (Phi) is 3.94. The van der Waals surface area contributed by atoms with Gasteiger partial charge in [0.25, 0.3) is 0 Å². The maximum absolute atomic E-state index is 6.01. The molecule has 2 aromatic heterocycles. The average Bonchev–Trinajstić information content (AvgIpc) is 2.96. The van der Waals surface area contributed by atoms with Gasteiger partial charge in [-0.05, 0) is 18.9 Å². The normalized spacial score (nSPS) is 10.7. The van der Waals surface area contributed by atoms with Crippen LogP contribution >= 0.6 is 0 Å². The molecule has 0 aliphatic rings. The molecule has 0 radical (unpaired) electrons. The summed E-state index contributed by atoms with van der Waals surface area (Å²) in [7, 11) is 0. The second-order valence-electron chi connectivity index (χ2n) is 4.96. The van der Waals surface area contributed by atoms with E-state index in [0.29, 0.717) is 5.82 Å². The van der Waals surface area contributed by atoms with Crippen LogP contribution < -0.4 is 5.73 Å². The van der Waals surface area contributed by atoms with Crippen molar-refractivity contribution in [3.8, 4) is 11.8 Å². The van der Waals surface area contributed by atoms with Gasteiger partial charge in [-0.25, -0.2) is 4.98 Å². The molecule has 2 heterocycles. The van der Waals surface area contributed by atoms with E-state index in [9.17, 15) is 0 Å². The van der Waals surface area contributed by atoms with E-state index in [0.717, 1.165) is 33.3 Å². The number of hydrogen-bond donors (Lipinski definition) is 2. The topological polar surface area (TPSA) is 67.6 Å². The van der Waals surface area contributed by atoms with Crippen LogP contribution in [-0.2, 0) is 0 Å². The van der Waals surface area contributed by atoms with E-state index in [1.807, 2.05) is 43.3 Å². The van der Waals surface area contributed by atoms with Gasteiger partial charge in [0.15, 0.2) is 0 Å². The number of allylic oxidation sites excluding steroid dienone is 1. The predicted molar refractivity (Wildman–Crippen MR) is 95.5 cm³/mol. The lowest BCUT2D eigenvalue weighted by atomic mass is 10.1. The molecule has 112 valence electrons. The lowest BCUT2D eigenvalue weighted by Crippen LogP contribution is -1.95. The van der Waals surface area contributed by atoms with E-state index < -0.39 is 0 Å². The Morgan fingerprint density at radius 1 is 1.26 bits per heavy atom. The fourth-order valence-corrected chi connectivity index (χ4v) is 2.39. The summed E-state index contributed by atoms with van der Waals surface area (Å²) in [5.41, 5.74) is 9.16. The molecule has 0 fully saturated rings. The van der Waals surface area contributed by atoms with Crippen LogP contribution in [0.4, 0.5) is 5.82 Å². The molecular weight excluding hydrogens is 284 g/mol. The van der Waals surface area contributed by atoms with Gasteiger partial charge in [-0.15, -0.1) is 0 Å². The van der Waals surface area contributed by atoms with Gasteiger partial charge in [0, 0.05) is 22.5 Å². The first-order chi connectivity index (χ1) is 11.2. The molecule has 0 aliphatic heterocycles. The molecule has 4 nitrogen and oxygen atoms in total. The highest BCUT2D eigenvalue weighted by atomic mass is 15.1. The van der Waals surface area contributed by atoms with Crippen molar-refractivity contribution in [2.45, 2.75) is 6.92 Å². The Balaban J connectivity index is 2.15. The number of aromatic nitrogens is 3. The Bertz CT molecular complexity index is 968. The van der Waals surface area contributed by atoms with Crippen molar-refractivity contribution in [3.63, 3.8) is 0 Å². The molecule has 0 saturated heterocycles. The number of nitrogens with two attached hydrogens (primary N) is 1. The summed E-state index contributed by atoms with van der Waals surface area (Å²) in [5.74, 6) is 6.67. The third-order valence-corrected chi connectivity index (χ3v) is 3.50. The Labute approximate surface area is 134 Å². The van der Waals surface area contributed by atoms with Gasteiger partial charge in [-0.2, -0.15) is 5.10 Å². The summed E-state index contributed by atoms with van der Waals surface area (Å²) in [5, 5.41) is 9.15. The molecular formula is C19H16N4. The van der Waals surface area contributed by atoms with E-state index in [1.54, 1.807) is 12.3 Å². The number of nitrogens with one attached hydrogen (secondary N) is 1. The third kappa shape index (κ3) is 2.72. The van der Waals surface area contributed by atoms with Crippen LogP contribution in [0.15, 0.2) is 43.1 Å². The molecule has 4 heteroatoms. The number of nitrogens with zero attached hydrogens (tertiary/aromatic N) is 2. The number of anilines is 1. The quantitative estimate of drug-likeness (QED) is 0.710. The van der Waals surface area contributed by atoms with E-state index >= 15 is 0 Å². The second kappa shape index (κ2) is 6.20. The fourth-order valence-electron chi connectivity index (χ4n) is 2.39. The first kappa shape index (κ1) is 14.6. The molecule has 0 bridgehead atoms. The highest BCUT2D eigenvalue weighted by molar-refractivity contribution is 5.91. The Morgan fingerprint density at radius 2 is 2.09 bits per heavy atom. The van der Waals surface area contributed by atoms with Crippen molar-refractivity contribution in [3.05, 3.63) is 65.6 Å². The number of aromatic amines is 1. The first-order valence-electron chi connectivity index (χ1n) is 7.23. The summed E-state index contributed by atoms with van der Waals surface area (Å²) in [4.78, 5) is 4.22.